The van der Waals surface area contributed by atoms with E-state index in [1.165, 1.54) is 31.6 Å². The molecule has 0 N–H and O–H groups in total. The van der Waals surface area contributed by atoms with Gasteiger partial charge in [-0.1, -0.05) is 38.1 Å². The molecule has 0 amide bonds. The van der Waals surface area contributed by atoms with E-state index in [4.69, 9.17) is 0 Å². The molecule has 1 heteroatoms. The summed E-state index contributed by atoms with van der Waals surface area (Å²) < 4.78 is 0. The molecule has 0 spiro atoms. The molecule has 2 bridgehead atoms. The largest absolute Gasteiger partial charge is 0.303 e. The summed E-state index contributed by atoms with van der Waals surface area (Å²) in [6.45, 7) is 8.53. The standard InChI is InChI=1S/C15H21N/c1-11(2)12-3-5-13(6-4-12)15-7-8-16-9-14(15)10-16/h3-6,11,14-15H,7-10H2,1-2H3. The molecule has 16 heavy (non-hydrogen) atoms. The Bertz CT molecular complexity index is 357. The fourth-order valence-corrected chi connectivity index (χ4v) is 3.17. The zero-order chi connectivity index (χ0) is 11.1. The van der Waals surface area contributed by atoms with Crippen LogP contribution in [0.3, 0.4) is 0 Å². The second kappa shape index (κ2) is 3.89. The molecule has 4 rings (SSSR count). The summed E-state index contributed by atoms with van der Waals surface area (Å²) in [7, 11) is 0. The maximum atomic E-state index is 2.57. The van der Waals surface area contributed by atoms with Crippen molar-refractivity contribution in [1.82, 2.24) is 4.90 Å². The van der Waals surface area contributed by atoms with E-state index < -0.39 is 0 Å². The highest BCUT2D eigenvalue weighted by Crippen LogP contribution is 2.39. The van der Waals surface area contributed by atoms with E-state index in [-0.39, 0.29) is 0 Å². The SMILES string of the molecule is CC(C)c1ccc(C2CCN3CC2C3)cc1. The molecule has 0 saturated carbocycles. The summed E-state index contributed by atoms with van der Waals surface area (Å²) >= 11 is 0. The highest BCUT2D eigenvalue weighted by molar-refractivity contribution is 5.28. The van der Waals surface area contributed by atoms with E-state index in [0.717, 1.165) is 11.8 Å². The predicted molar refractivity (Wildman–Crippen MR) is 67.8 cm³/mol. The van der Waals surface area contributed by atoms with E-state index in [2.05, 4.69) is 43.0 Å². The molecule has 0 aliphatic carbocycles. The molecule has 1 unspecified atom stereocenters. The van der Waals surface area contributed by atoms with Crippen LogP contribution in [0.4, 0.5) is 0 Å². The summed E-state index contributed by atoms with van der Waals surface area (Å²) in [6, 6.07) is 9.39. The number of hydrogen-bond donors (Lipinski definition) is 0. The maximum Gasteiger partial charge on any atom is 0.00279 e. The highest BCUT2D eigenvalue weighted by Gasteiger charge is 2.38. The van der Waals surface area contributed by atoms with Gasteiger partial charge in [-0.05, 0) is 41.8 Å². The summed E-state index contributed by atoms with van der Waals surface area (Å²) in [6.07, 6.45) is 1.37. The van der Waals surface area contributed by atoms with Gasteiger partial charge in [-0.2, -0.15) is 0 Å². The first-order chi connectivity index (χ1) is 7.74. The van der Waals surface area contributed by atoms with Gasteiger partial charge >= 0.3 is 0 Å². The summed E-state index contributed by atoms with van der Waals surface area (Å²) in [5.41, 5.74) is 3.04. The fraction of sp³-hybridized carbons (Fsp3) is 0.600. The molecule has 1 nitrogen and oxygen atoms in total. The number of hydrogen-bond acceptors (Lipinski definition) is 1. The van der Waals surface area contributed by atoms with Gasteiger partial charge in [0.25, 0.3) is 0 Å². The average Bonchev–Trinajstić information content (AvgIpc) is 2.28. The van der Waals surface area contributed by atoms with Crippen molar-refractivity contribution in [3.63, 3.8) is 0 Å². The first-order valence-corrected chi connectivity index (χ1v) is 6.56. The minimum Gasteiger partial charge on any atom is -0.303 e. The Hall–Kier alpha value is -0.820. The van der Waals surface area contributed by atoms with Crippen molar-refractivity contribution >= 4 is 0 Å². The molecule has 0 aromatic heterocycles. The predicted octanol–water partition coefficient (Wildman–Crippen LogP) is 3.23. The molecule has 1 atom stereocenters. The minimum atomic E-state index is 0.652. The topological polar surface area (TPSA) is 3.24 Å². The molecular weight excluding hydrogens is 194 g/mol. The molecule has 0 radical (unpaired) electrons. The van der Waals surface area contributed by atoms with E-state index in [1.807, 2.05) is 0 Å². The van der Waals surface area contributed by atoms with E-state index in [0.29, 0.717) is 5.92 Å². The van der Waals surface area contributed by atoms with Gasteiger partial charge in [0.15, 0.2) is 0 Å². The molecular formula is C15H21N. The second-order valence-corrected chi connectivity index (χ2v) is 5.74. The second-order valence-electron chi connectivity index (χ2n) is 5.74. The van der Waals surface area contributed by atoms with Crippen molar-refractivity contribution in [1.29, 1.82) is 0 Å². The van der Waals surface area contributed by atoms with Crippen LogP contribution in [0.15, 0.2) is 24.3 Å². The molecule has 3 fully saturated rings. The van der Waals surface area contributed by atoms with Gasteiger partial charge in [-0.3, -0.25) is 0 Å². The van der Waals surface area contributed by atoms with Crippen LogP contribution in [0.5, 0.6) is 0 Å². The van der Waals surface area contributed by atoms with Gasteiger partial charge in [-0.15, -0.1) is 0 Å². The average molecular weight is 215 g/mol. The molecule has 3 heterocycles. The van der Waals surface area contributed by atoms with E-state index in [1.54, 1.807) is 5.56 Å². The molecule has 1 aromatic rings. The normalized spacial score (nSPS) is 32.6. The Labute approximate surface area is 98.5 Å². The molecule has 1 aromatic carbocycles. The number of piperidine rings is 2. The van der Waals surface area contributed by atoms with Crippen molar-refractivity contribution in [3.8, 4) is 0 Å². The zero-order valence-corrected chi connectivity index (χ0v) is 10.3. The van der Waals surface area contributed by atoms with E-state index in [9.17, 15) is 0 Å². The van der Waals surface area contributed by atoms with Gasteiger partial charge in [0.1, 0.15) is 0 Å². The van der Waals surface area contributed by atoms with Gasteiger partial charge < -0.3 is 4.90 Å². The van der Waals surface area contributed by atoms with Crippen LogP contribution >= 0.6 is 0 Å². The van der Waals surface area contributed by atoms with E-state index >= 15 is 0 Å². The van der Waals surface area contributed by atoms with Crippen LogP contribution in [-0.2, 0) is 0 Å². The Morgan fingerprint density at radius 2 is 1.81 bits per heavy atom. The van der Waals surface area contributed by atoms with Crippen molar-refractivity contribution in [3.05, 3.63) is 35.4 Å². The van der Waals surface area contributed by atoms with Gasteiger partial charge in [-0.25, -0.2) is 0 Å². The van der Waals surface area contributed by atoms with Gasteiger partial charge in [0, 0.05) is 13.1 Å². The number of nitrogens with zero attached hydrogens (tertiary/aromatic N) is 1. The third-order valence-electron chi connectivity index (χ3n) is 4.34. The Morgan fingerprint density at radius 1 is 1.12 bits per heavy atom. The fourth-order valence-electron chi connectivity index (χ4n) is 3.17. The zero-order valence-electron chi connectivity index (χ0n) is 10.3. The Balaban J connectivity index is 1.78. The first kappa shape index (κ1) is 10.3. The van der Waals surface area contributed by atoms with Gasteiger partial charge in [0.05, 0.1) is 0 Å². The number of fused-ring (bicyclic) bond motifs is 2. The highest BCUT2D eigenvalue weighted by atomic mass is 15.2. The summed E-state index contributed by atoms with van der Waals surface area (Å²) in [4.78, 5) is 2.57. The molecule has 3 saturated heterocycles. The number of rotatable bonds is 2. The quantitative estimate of drug-likeness (QED) is 0.732. The lowest BCUT2D eigenvalue weighted by atomic mass is 9.75. The van der Waals surface area contributed by atoms with Crippen molar-refractivity contribution < 1.29 is 0 Å². The molecule has 3 aliphatic heterocycles. The minimum absolute atomic E-state index is 0.652. The maximum absolute atomic E-state index is 2.57. The van der Waals surface area contributed by atoms with Crippen LogP contribution in [0.1, 0.15) is 43.2 Å². The smallest absolute Gasteiger partial charge is 0.00279 e. The van der Waals surface area contributed by atoms with Gasteiger partial charge in [0.2, 0.25) is 0 Å². The van der Waals surface area contributed by atoms with Crippen LogP contribution in [0.25, 0.3) is 0 Å². The van der Waals surface area contributed by atoms with Crippen molar-refractivity contribution in [2.45, 2.75) is 32.1 Å². The molecule has 86 valence electrons. The molecule has 3 aliphatic rings. The van der Waals surface area contributed by atoms with Crippen LogP contribution < -0.4 is 0 Å². The van der Waals surface area contributed by atoms with Crippen molar-refractivity contribution in [2.75, 3.05) is 19.6 Å². The summed E-state index contributed by atoms with van der Waals surface area (Å²) in [5, 5.41) is 0. The third-order valence-corrected chi connectivity index (χ3v) is 4.34. The lowest BCUT2D eigenvalue weighted by Crippen LogP contribution is -2.54. The lowest BCUT2D eigenvalue weighted by Gasteiger charge is -2.49. The Morgan fingerprint density at radius 3 is 2.31 bits per heavy atom. The van der Waals surface area contributed by atoms with Crippen molar-refractivity contribution in [2.24, 2.45) is 5.92 Å². The first-order valence-electron chi connectivity index (χ1n) is 6.56. The van der Waals surface area contributed by atoms with Crippen LogP contribution in [0, 0.1) is 5.92 Å². The third kappa shape index (κ3) is 1.67. The lowest BCUT2D eigenvalue weighted by molar-refractivity contribution is 0.0286. The monoisotopic (exact) mass is 215 g/mol. The summed E-state index contributed by atoms with van der Waals surface area (Å²) in [5.74, 6) is 2.43. The number of benzene rings is 1. The Kier molecular flexibility index (Phi) is 2.51. The van der Waals surface area contributed by atoms with Crippen LogP contribution in [0.2, 0.25) is 0 Å². The van der Waals surface area contributed by atoms with Crippen LogP contribution in [-0.4, -0.2) is 24.5 Å².